The predicted octanol–water partition coefficient (Wildman–Crippen LogP) is 4.30. The molecule has 2 rings (SSSR count). The Labute approximate surface area is 109 Å². The summed E-state index contributed by atoms with van der Waals surface area (Å²) in [6, 6.07) is 16.5. The Hall–Kier alpha value is -1.76. The van der Waals surface area contributed by atoms with Gasteiger partial charge in [-0.05, 0) is 35.4 Å². The number of para-hydroxylation sites is 1. The van der Waals surface area contributed by atoms with E-state index in [4.69, 9.17) is 0 Å². The average Bonchev–Trinajstić information content (AvgIpc) is 2.38. The molecule has 0 aliphatic heterocycles. The van der Waals surface area contributed by atoms with Crippen molar-refractivity contribution in [3.05, 3.63) is 65.2 Å². The van der Waals surface area contributed by atoms with E-state index in [1.165, 1.54) is 5.56 Å². The summed E-state index contributed by atoms with van der Waals surface area (Å²) >= 11 is 0. The topological polar surface area (TPSA) is 20.2 Å². The highest BCUT2D eigenvalue weighted by atomic mass is 16.3. The van der Waals surface area contributed by atoms with Crippen molar-refractivity contribution in [2.45, 2.75) is 32.6 Å². The van der Waals surface area contributed by atoms with E-state index in [1.807, 2.05) is 24.3 Å². The monoisotopic (exact) mass is 240 g/mol. The van der Waals surface area contributed by atoms with Crippen LogP contribution in [0.1, 0.15) is 36.5 Å². The van der Waals surface area contributed by atoms with Gasteiger partial charge in [-0.15, -0.1) is 0 Å². The minimum atomic E-state index is 0.363. The highest BCUT2D eigenvalue weighted by Gasteiger charge is 2.09. The molecule has 1 heteroatoms. The summed E-state index contributed by atoms with van der Waals surface area (Å²) in [5.41, 5.74) is 3.40. The van der Waals surface area contributed by atoms with E-state index in [-0.39, 0.29) is 0 Å². The van der Waals surface area contributed by atoms with Crippen LogP contribution in [0, 0.1) is 0 Å². The molecule has 0 saturated carbocycles. The summed E-state index contributed by atoms with van der Waals surface area (Å²) in [4.78, 5) is 0. The quantitative estimate of drug-likeness (QED) is 0.844. The van der Waals surface area contributed by atoms with Crippen molar-refractivity contribution in [3.63, 3.8) is 0 Å². The largest absolute Gasteiger partial charge is 0.507 e. The molecule has 0 radical (unpaired) electrons. The maximum atomic E-state index is 10.2. The fraction of sp³-hybridized carbons (Fsp3) is 0.294. The first kappa shape index (κ1) is 12.7. The van der Waals surface area contributed by atoms with Crippen LogP contribution in [0.3, 0.4) is 0 Å². The van der Waals surface area contributed by atoms with Gasteiger partial charge in [0.05, 0.1) is 0 Å². The summed E-state index contributed by atoms with van der Waals surface area (Å²) in [5, 5.41) is 10.2. The van der Waals surface area contributed by atoms with Crippen LogP contribution in [0.5, 0.6) is 5.75 Å². The average molecular weight is 240 g/mol. The minimum Gasteiger partial charge on any atom is -0.507 e. The zero-order valence-corrected chi connectivity index (χ0v) is 11.1. The van der Waals surface area contributed by atoms with Crippen molar-refractivity contribution < 1.29 is 5.11 Å². The molecular weight excluding hydrogens is 220 g/mol. The normalized spacial score (nSPS) is 10.8. The van der Waals surface area contributed by atoms with Crippen LogP contribution in [0.2, 0.25) is 0 Å². The molecule has 0 fully saturated rings. The molecule has 0 aliphatic rings. The molecule has 0 atom stereocenters. The molecular formula is C17H20O. The molecule has 1 N–H and O–H groups in total. The van der Waals surface area contributed by atoms with Crippen LogP contribution in [-0.4, -0.2) is 5.11 Å². The van der Waals surface area contributed by atoms with Gasteiger partial charge < -0.3 is 5.11 Å². The first-order valence-corrected chi connectivity index (χ1v) is 6.53. The summed E-state index contributed by atoms with van der Waals surface area (Å²) in [6.07, 6.45) is 1.85. The fourth-order valence-corrected chi connectivity index (χ4v) is 2.20. The Balaban J connectivity index is 2.13. The highest BCUT2D eigenvalue weighted by Crippen LogP contribution is 2.29. The number of aromatic hydroxyl groups is 1. The molecule has 1 nitrogen and oxygen atoms in total. The lowest BCUT2D eigenvalue weighted by Crippen LogP contribution is -1.95. The van der Waals surface area contributed by atoms with E-state index >= 15 is 0 Å². The predicted molar refractivity (Wildman–Crippen MR) is 76.0 cm³/mol. The van der Waals surface area contributed by atoms with Gasteiger partial charge in [-0.25, -0.2) is 0 Å². The van der Waals surface area contributed by atoms with Crippen LogP contribution in [0.25, 0.3) is 0 Å². The summed E-state index contributed by atoms with van der Waals surface area (Å²) in [6.45, 7) is 4.21. The molecule has 0 unspecified atom stereocenters. The Kier molecular flexibility index (Phi) is 4.03. The van der Waals surface area contributed by atoms with Crippen molar-refractivity contribution in [1.82, 2.24) is 0 Å². The number of hydrogen-bond acceptors (Lipinski definition) is 1. The number of phenolic OH excluding ortho intramolecular Hbond substituents is 1. The zero-order chi connectivity index (χ0) is 13.0. The lowest BCUT2D eigenvalue weighted by molar-refractivity contribution is 0.457. The van der Waals surface area contributed by atoms with E-state index in [0.717, 1.165) is 24.0 Å². The number of hydrogen-bond donors (Lipinski definition) is 1. The number of phenols is 1. The molecule has 0 aliphatic carbocycles. The first-order chi connectivity index (χ1) is 8.68. The van der Waals surface area contributed by atoms with E-state index in [2.05, 4.69) is 38.1 Å². The molecule has 18 heavy (non-hydrogen) atoms. The van der Waals surface area contributed by atoms with E-state index in [1.54, 1.807) is 0 Å². The molecule has 2 aromatic carbocycles. The molecule has 0 spiro atoms. The Bertz CT molecular complexity index is 500. The SMILES string of the molecule is CC(C)c1cccc(CCc2ccccc2)c1O. The molecule has 0 heterocycles. The van der Waals surface area contributed by atoms with Crippen LogP contribution in [0.15, 0.2) is 48.5 Å². The number of rotatable bonds is 4. The van der Waals surface area contributed by atoms with Gasteiger partial charge >= 0.3 is 0 Å². The lowest BCUT2D eigenvalue weighted by Gasteiger charge is -2.12. The number of benzene rings is 2. The van der Waals surface area contributed by atoms with Gasteiger partial charge in [0.2, 0.25) is 0 Å². The van der Waals surface area contributed by atoms with Crippen LogP contribution in [0.4, 0.5) is 0 Å². The van der Waals surface area contributed by atoms with Crippen molar-refractivity contribution in [2.24, 2.45) is 0 Å². The third kappa shape index (κ3) is 2.92. The van der Waals surface area contributed by atoms with Gasteiger partial charge in [-0.3, -0.25) is 0 Å². The van der Waals surface area contributed by atoms with Gasteiger partial charge in [0, 0.05) is 0 Å². The van der Waals surface area contributed by atoms with Gasteiger partial charge in [0.15, 0.2) is 0 Å². The summed E-state index contributed by atoms with van der Waals surface area (Å²) < 4.78 is 0. The van der Waals surface area contributed by atoms with Crippen molar-refractivity contribution in [3.8, 4) is 5.75 Å². The maximum Gasteiger partial charge on any atom is 0.122 e. The number of aryl methyl sites for hydroxylation is 2. The molecule has 94 valence electrons. The van der Waals surface area contributed by atoms with E-state index < -0.39 is 0 Å². The second kappa shape index (κ2) is 5.72. The molecule has 0 amide bonds. The Morgan fingerprint density at radius 2 is 1.61 bits per heavy atom. The van der Waals surface area contributed by atoms with Crippen LogP contribution < -0.4 is 0 Å². The van der Waals surface area contributed by atoms with Crippen molar-refractivity contribution in [1.29, 1.82) is 0 Å². The third-order valence-corrected chi connectivity index (χ3v) is 3.30. The second-order valence-corrected chi connectivity index (χ2v) is 5.00. The van der Waals surface area contributed by atoms with Crippen molar-refractivity contribution in [2.75, 3.05) is 0 Å². The minimum absolute atomic E-state index is 0.363. The molecule has 0 bridgehead atoms. The Morgan fingerprint density at radius 3 is 2.28 bits per heavy atom. The first-order valence-electron chi connectivity index (χ1n) is 6.53. The van der Waals surface area contributed by atoms with E-state index in [0.29, 0.717) is 11.7 Å². The van der Waals surface area contributed by atoms with Gasteiger partial charge in [0.1, 0.15) is 5.75 Å². The van der Waals surface area contributed by atoms with E-state index in [9.17, 15) is 5.11 Å². The maximum absolute atomic E-state index is 10.2. The van der Waals surface area contributed by atoms with Crippen molar-refractivity contribution >= 4 is 0 Å². The summed E-state index contributed by atoms with van der Waals surface area (Å²) in [5.74, 6) is 0.838. The van der Waals surface area contributed by atoms with Crippen LogP contribution >= 0.6 is 0 Å². The zero-order valence-electron chi connectivity index (χ0n) is 11.1. The molecule has 0 saturated heterocycles. The van der Waals surface area contributed by atoms with Crippen LogP contribution in [-0.2, 0) is 12.8 Å². The third-order valence-electron chi connectivity index (χ3n) is 3.30. The fourth-order valence-electron chi connectivity index (χ4n) is 2.20. The highest BCUT2D eigenvalue weighted by molar-refractivity contribution is 5.42. The van der Waals surface area contributed by atoms with Gasteiger partial charge in [-0.1, -0.05) is 62.4 Å². The molecule has 2 aromatic rings. The molecule has 0 aromatic heterocycles. The van der Waals surface area contributed by atoms with Gasteiger partial charge in [-0.2, -0.15) is 0 Å². The standard InChI is InChI=1S/C17H20O/c1-13(2)16-10-6-9-15(17(16)18)12-11-14-7-4-3-5-8-14/h3-10,13,18H,11-12H2,1-2H3. The lowest BCUT2D eigenvalue weighted by atomic mass is 9.96. The second-order valence-electron chi connectivity index (χ2n) is 5.00. The summed E-state index contributed by atoms with van der Waals surface area (Å²) in [7, 11) is 0. The van der Waals surface area contributed by atoms with Gasteiger partial charge in [0.25, 0.3) is 0 Å². The smallest absolute Gasteiger partial charge is 0.122 e. The Morgan fingerprint density at radius 1 is 0.889 bits per heavy atom.